The van der Waals surface area contributed by atoms with Crippen LogP contribution in [0.3, 0.4) is 0 Å². The van der Waals surface area contributed by atoms with Gasteiger partial charge in [0.1, 0.15) is 5.60 Å². The van der Waals surface area contributed by atoms with Crippen LogP contribution < -0.4 is 9.47 Å². The molecular formula is C17H21FO6. The third kappa shape index (κ3) is 6.76. The number of carbonyl (C=O) groups excluding carboxylic acids is 3. The van der Waals surface area contributed by atoms with Crippen LogP contribution in [0, 0.1) is 0 Å². The smallest absolute Gasteiger partial charge is 0.341 e. The highest BCUT2D eigenvalue weighted by molar-refractivity contribution is 5.76. The average Bonchev–Trinajstić information content (AvgIpc) is 2.38. The minimum atomic E-state index is -1.87. The summed E-state index contributed by atoms with van der Waals surface area (Å²) in [7, 11) is 0. The number of hydrogen-bond donors (Lipinski definition) is 0. The number of ether oxygens (including phenoxy) is 3. The average molecular weight is 339 g/mol. The van der Waals surface area contributed by atoms with E-state index in [9.17, 15) is 18.8 Å². The molecule has 7 heteroatoms. The van der Waals surface area contributed by atoms with Gasteiger partial charge in [0, 0.05) is 20.3 Å². The predicted octanol–water partition coefficient (Wildman–Crippen LogP) is 2.76. The monoisotopic (exact) mass is 339 g/mol. The van der Waals surface area contributed by atoms with E-state index in [4.69, 9.17) is 14.2 Å². The Kier molecular flexibility index (Phi) is 6.45. The Bertz CT molecular complexity index is 632. The van der Waals surface area contributed by atoms with E-state index in [1.165, 1.54) is 32.0 Å². The van der Waals surface area contributed by atoms with Crippen molar-refractivity contribution in [2.45, 2.75) is 52.8 Å². The lowest BCUT2D eigenvalue weighted by molar-refractivity contribution is -0.161. The Morgan fingerprint density at radius 3 is 2.08 bits per heavy atom. The topological polar surface area (TPSA) is 78.9 Å². The maximum absolute atomic E-state index is 14.0. The van der Waals surface area contributed by atoms with Gasteiger partial charge in [0.2, 0.25) is 6.17 Å². The molecule has 0 saturated heterocycles. The van der Waals surface area contributed by atoms with Gasteiger partial charge in [-0.2, -0.15) is 0 Å². The van der Waals surface area contributed by atoms with Crippen LogP contribution in [-0.2, 0) is 25.5 Å². The summed E-state index contributed by atoms with van der Waals surface area (Å²) in [5.74, 6) is -2.17. The number of halogens is 1. The molecule has 1 unspecified atom stereocenters. The molecule has 0 amide bonds. The van der Waals surface area contributed by atoms with E-state index in [0.717, 1.165) is 0 Å². The van der Waals surface area contributed by atoms with Crippen molar-refractivity contribution in [1.82, 2.24) is 0 Å². The van der Waals surface area contributed by atoms with E-state index in [1.807, 2.05) is 0 Å². The summed E-state index contributed by atoms with van der Waals surface area (Å²) in [6, 6.07) is 4.19. The van der Waals surface area contributed by atoms with Crippen molar-refractivity contribution in [2.24, 2.45) is 0 Å². The Labute approximate surface area is 139 Å². The van der Waals surface area contributed by atoms with Crippen molar-refractivity contribution in [3.8, 4) is 11.5 Å². The molecule has 0 aromatic heterocycles. The maximum atomic E-state index is 14.0. The van der Waals surface area contributed by atoms with E-state index in [0.29, 0.717) is 5.56 Å². The van der Waals surface area contributed by atoms with E-state index in [-0.39, 0.29) is 17.9 Å². The molecule has 0 aliphatic carbocycles. The molecule has 0 bridgehead atoms. The Morgan fingerprint density at radius 1 is 1.04 bits per heavy atom. The standard InChI is InChI=1S/C17H21FO6/c1-10(19)22-14-7-6-12(9-15(14)23-11(2)20)8-13(18)16(21)24-17(3,4)5/h6-7,9,13H,8H2,1-5H3/i18-1. The van der Waals surface area contributed by atoms with Crippen molar-refractivity contribution in [2.75, 3.05) is 0 Å². The van der Waals surface area contributed by atoms with Crippen LogP contribution in [0.25, 0.3) is 0 Å². The quantitative estimate of drug-likeness (QED) is 0.606. The number of hydrogen-bond acceptors (Lipinski definition) is 6. The maximum Gasteiger partial charge on any atom is 0.341 e. The van der Waals surface area contributed by atoms with Gasteiger partial charge in [0.15, 0.2) is 11.5 Å². The lowest BCUT2D eigenvalue weighted by atomic mass is 10.1. The van der Waals surface area contributed by atoms with Crippen molar-refractivity contribution >= 4 is 17.9 Å². The summed E-state index contributed by atoms with van der Waals surface area (Å²) in [5, 5.41) is 0. The first-order valence-electron chi connectivity index (χ1n) is 7.34. The number of carbonyl (C=O) groups is 3. The zero-order valence-corrected chi connectivity index (χ0v) is 14.3. The van der Waals surface area contributed by atoms with E-state index >= 15 is 0 Å². The number of alkyl halides is 1. The summed E-state index contributed by atoms with van der Waals surface area (Å²) in [4.78, 5) is 33.9. The Hall–Kier alpha value is -2.44. The summed E-state index contributed by atoms with van der Waals surface area (Å²) in [5.41, 5.74) is -0.399. The van der Waals surface area contributed by atoms with Crippen LogP contribution in [0.4, 0.5) is 4.39 Å². The molecule has 0 spiro atoms. The van der Waals surface area contributed by atoms with E-state index in [2.05, 4.69) is 0 Å². The molecule has 1 rings (SSSR count). The van der Waals surface area contributed by atoms with Gasteiger partial charge < -0.3 is 14.2 Å². The number of esters is 3. The molecule has 0 aliphatic heterocycles. The van der Waals surface area contributed by atoms with Gasteiger partial charge in [-0.3, -0.25) is 9.59 Å². The molecule has 1 aromatic rings. The van der Waals surface area contributed by atoms with Crippen LogP contribution in [0.5, 0.6) is 11.5 Å². The summed E-state index contributed by atoms with van der Waals surface area (Å²) < 4.78 is 28.9. The molecule has 6 nitrogen and oxygen atoms in total. The number of benzene rings is 1. The minimum absolute atomic E-state index is 0.0217. The highest BCUT2D eigenvalue weighted by Crippen LogP contribution is 2.29. The van der Waals surface area contributed by atoms with Crippen molar-refractivity contribution in [3.05, 3.63) is 23.8 Å². The van der Waals surface area contributed by atoms with Crippen LogP contribution >= 0.6 is 0 Å². The fraction of sp³-hybridized carbons (Fsp3) is 0.471. The molecule has 0 heterocycles. The van der Waals surface area contributed by atoms with Crippen LogP contribution in [0.1, 0.15) is 40.2 Å². The van der Waals surface area contributed by atoms with Gasteiger partial charge in [-0.05, 0) is 38.5 Å². The second kappa shape index (κ2) is 7.90. The van der Waals surface area contributed by atoms with Crippen molar-refractivity contribution in [3.63, 3.8) is 0 Å². The third-order valence-electron chi connectivity index (χ3n) is 2.59. The van der Waals surface area contributed by atoms with Gasteiger partial charge in [-0.15, -0.1) is 0 Å². The molecule has 0 saturated carbocycles. The summed E-state index contributed by atoms with van der Waals surface area (Å²) in [6.07, 6.45) is -2.13. The highest BCUT2D eigenvalue weighted by Gasteiger charge is 2.25. The fourth-order valence-corrected chi connectivity index (χ4v) is 1.81. The zero-order valence-electron chi connectivity index (χ0n) is 14.3. The third-order valence-corrected chi connectivity index (χ3v) is 2.59. The predicted molar refractivity (Wildman–Crippen MR) is 83.5 cm³/mol. The first-order chi connectivity index (χ1) is 11.0. The van der Waals surface area contributed by atoms with Crippen molar-refractivity contribution in [1.29, 1.82) is 0 Å². The first-order valence-corrected chi connectivity index (χ1v) is 7.34. The molecule has 24 heavy (non-hydrogen) atoms. The SMILES string of the molecule is CC(=O)Oc1ccc(CC([18F])C(=O)OC(C)(C)C)cc1OC(C)=O. The fourth-order valence-electron chi connectivity index (χ4n) is 1.81. The first kappa shape index (κ1) is 19.6. The molecule has 0 aliphatic rings. The molecular weight excluding hydrogens is 318 g/mol. The van der Waals surface area contributed by atoms with Gasteiger partial charge in [0.25, 0.3) is 0 Å². The molecule has 1 atom stereocenters. The molecule has 0 radical (unpaired) electrons. The van der Waals surface area contributed by atoms with E-state index < -0.39 is 29.7 Å². The Balaban J connectivity index is 2.94. The van der Waals surface area contributed by atoms with Crippen molar-refractivity contribution < 1.29 is 33.0 Å². The van der Waals surface area contributed by atoms with Gasteiger partial charge in [-0.1, -0.05) is 6.07 Å². The minimum Gasteiger partial charge on any atom is -0.458 e. The highest BCUT2D eigenvalue weighted by atomic mass is 18.2. The van der Waals surface area contributed by atoms with Crippen LogP contribution in [0.15, 0.2) is 18.2 Å². The van der Waals surface area contributed by atoms with Gasteiger partial charge >= 0.3 is 17.9 Å². The normalized spacial score (nSPS) is 12.2. The molecule has 0 N–H and O–H groups in total. The van der Waals surface area contributed by atoms with Crippen LogP contribution in [-0.4, -0.2) is 29.7 Å². The number of rotatable bonds is 5. The van der Waals surface area contributed by atoms with Crippen LogP contribution in [0.2, 0.25) is 0 Å². The Morgan fingerprint density at radius 2 is 1.58 bits per heavy atom. The largest absolute Gasteiger partial charge is 0.458 e. The van der Waals surface area contributed by atoms with Gasteiger partial charge in [0.05, 0.1) is 0 Å². The lowest BCUT2D eigenvalue weighted by Crippen LogP contribution is -2.30. The molecule has 1 aromatic carbocycles. The zero-order chi connectivity index (χ0) is 18.5. The van der Waals surface area contributed by atoms with E-state index in [1.54, 1.807) is 20.8 Å². The molecule has 0 fully saturated rings. The second-order valence-electron chi connectivity index (χ2n) is 6.17. The van der Waals surface area contributed by atoms with Gasteiger partial charge in [-0.25, -0.2) is 9.18 Å². The second-order valence-corrected chi connectivity index (χ2v) is 6.17. The summed E-state index contributed by atoms with van der Waals surface area (Å²) >= 11 is 0. The molecule has 132 valence electrons. The lowest BCUT2D eigenvalue weighted by Gasteiger charge is -2.21. The summed E-state index contributed by atoms with van der Waals surface area (Å²) in [6.45, 7) is 7.31.